The zero-order chi connectivity index (χ0) is 26.2. The molecule has 7 heteroatoms. The van der Waals surface area contributed by atoms with Crippen molar-refractivity contribution < 1.29 is 19.1 Å². The van der Waals surface area contributed by atoms with Crippen molar-refractivity contribution in [1.82, 2.24) is 10.3 Å². The van der Waals surface area contributed by atoms with Gasteiger partial charge in [0.25, 0.3) is 0 Å². The molecule has 0 radical (unpaired) electrons. The molecule has 1 aliphatic heterocycles. The highest BCUT2D eigenvalue weighted by atomic mass is 32.1. The second kappa shape index (κ2) is 9.90. The summed E-state index contributed by atoms with van der Waals surface area (Å²) in [6.07, 6.45) is 0. The van der Waals surface area contributed by atoms with Crippen molar-refractivity contribution in [2.24, 2.45) is 5.92 Å². The minimum Gasteiger partial charge on any atom is -0.469 e. The summed E-state index contributed by atoms with van der Waals surface area (Å²) in [5.74, 6) is -2.24. The summed E-state index contributed by atoms with van der Waals surface area (Å²) < 4.78 is 10.5. The maximum atomic E-state index is 13.5. The van der Waals surface area contributed by atoms with E-state index in [4.69, 9.17) is 14.5 Å². The Morgan fingerprint density at radius 2 is 1.64 bits per heavy atom. The van der Waals surface area contributed by atoms with Gasteiger partial charge >= 0.3 is 11.9 Å². The highest BCUT2D eigenvalue weighted by Crippen LogP contribution is 2.49. The van der Waals surface area contributed by atoms with Crippen LogP contribution in [0, 0.1) is 26.7 Å². The highest BCUT2D eigenvalue weighted by molar-refractivity contribution is 7.10. The molecule has 1 aromatic heterocycles. The van der Waals surface area contributed by atoms with E-state index >= 15 is 0 Å². The van der Waals surface area contributed by atoms with Crippen LogP contribution in [0.2, 0.25) is 0 Å². The van der Waals surface area contributed by atoms with E-state index in [1.165, 1.54) is 31.1 Å². The second-order valence-corrected chi connectivity index (χ2v) is 10.4. The van der Waals surface area contributed by atoms with Crippen LogP contribution in [0.1, 0.15) is 47.0 Å². The van der Waals surface area contributed by atoms with Gasteiger partial charge in [-0.2, -0.15) is 0 Å². The predicted octanol–water partition coefficient (Wildman–Crippen LogP) is 5.57. The number of aromatic nitrogens is 1. The van der Waals surface area contributed by atoms with Gasteiger partial charge in [-0.05, 0) is 51.3 Å². The van der Waals surface area contributed by atoms with Crippen LogP contribution in [0.25, 0.3) is 11.3 Å². The Labute approximate surface area is 216 Å². The molecule has 3 aromatic rings. The molecular weight excluding hydrogens is 472 g/mol. The summed E-state index contributed by atoms with van der Waals surface area (Å²) in [6, 6.07) is 13.9. The van der Waals surface area contributed by atoms with E-state index in [1.807, 2.05) is 49.6 Å². The van der Waals surface area contributed by atoms with Crippen molar-refractivity contribution in [3.63, 3.8) is 0 Å². The largest absolute Gasteiger partial charge is 0.469 e. The number of benzene rings is 2. The zero-order valence-electron chi connectivity index (χ0n) is 21.8. The Morgan fingerprint density at radius 1 is 1.00 bits per heavy atom. The van der Waals surface area contributed by atoms with Crippen LogP contribution < -0.4 is 5.32 Å². The maximum Gasteiger partial charge on any atom is 0.336 e. The molecule has 1 N–H and O–H groups in total. The third-order valence-corrected chi connectivity index (χ3v) is 8.10. The van der Waals surface area contributed by atoms with E-state index < -0.39 is 29.3 Å². The number of rotatable bonds is 5. The Morgan fingerprint density at radius 3 is 2.22 bits per heavy atom. The second-order valence-electron chi connectivity index (χ2n) is 9.56. The molecule has 0 bridgehead atoms. The summed E-state index contributed by atoms with van der Waals surface area (Å²) in [6.45, 7) is 10.1. The molecular formula is C29H32N2O4S. The Kier molecular flexibility index (Phi) is 7.05. The van der Waals surface area contributed by atoms with E-state index in [0.29, 0.717) is 11.3 Å². The van der Waals surface area contributed by atoms with Gasteiger partial charge in [-0.25, -0.2) is 9.78 Å². The van der Waals surface area contributed by atoms with Gasteiger partial charge in [-0.15, -0.1) is 11.3 Å². The number of nitrogens with one attached hydrogen (secondary N) is 1. The van der Waals surface area contributed by atoms with Gasteiger partial charge in [0.2, 0.25) is 0 Å². The lowest BCUT2D eigenvalue weighted by Gasteiger charge is -2.45. The molecule has 3 atom stereocenters. The number of methoxy groups -OCH3 is 2. The number of hydrogen-bond donors (Lipinski definition) is 1. The van der Waals surface area contributed by atoms with Crippen LogP contribution in [-0.2, 0) is 24.6 Å². The van der Waals surface area contributed by atoms with Gasteiger partial charge in [0.05, 0.1) is 31.4 Å². The fourth-order valence-corrected chi connectivity index (χ4v) is 6.54. The average molecular weight is 505 g/mol. The third-order valence-electron chi connectivity index (χ3n) is 7.02. The summed E-state index contributed by atoms with van der Waals surface area (Å²) in [5.41, 5.74) is 6.46. The van der Waals surface area contributed by atoms with Crippen LogP contribution in [0.3, 0.4) is 0 Å². The van der Waals surface area contributed by atoms with Gasteiger partial charge in [-0.1, -0.05) is 48.0 Å². The number of carbonyl (C=O) groups excluding carboxylic acids is 2. The summed E-state index contributed by atoms with van der Waals surface area (Å²) in [5, 5.41) is 6.25. The Hall–Kier alpha value is -3.45. The van der Waals surface area contributed by atoms with Crippen LogP contribution >= 0.6 is 11.3 Å². The number of nitrogens with zero attached hydrogens (tertiary/aromatic N) is 1. The van der Waals surface area contributed by atoms with Gasteiger partial charge in [0, 0.05) is 22.6 Å². The SMILES string of the molecule is COC(=O)C1=C(C)NC(C)(c2nc(-c3c(C)cc(C)cc3C)cs2)C(C(=O)OC)C1c1ccccc1. The monoisotopic (exact) mass is 504 g/mol. The van der Waals surface area contributed by atoms with Crippen molar-refractivity contribution in [2.75, 3.05) is 14.2 Å². The molecule has 2 heterocycles. The number of carbonyl (C=O) groups is 2. The molecule has 0 spiro atoms. The average Bonchev–Trinajstić information content (AvgIpc) is 3.33. The maximum absolute atomic E-state index is 13.5. The lowest BCUT2D eigenvalue weighted by atomic mass is 9.67. The van der Waals surface area contributed by atoms with Gasteiger partial charge < -0.3 is 14.8 Å². The minimum atomic E-state index is -0.926. The molecule has 188 valence electrons. The van der Waals surface area contributed by atoms with Crippen molar-refractivity contribution >= 4 is 23.3 Å². The molecule has 0 aliphatic carbocycles. The molecule has 36 heavy (non-hydrogen) atoms. The van der Waals surface area contributed by atoms with Crippen molar-refractivity contribution in [3.8, 4) is 11.3 Å². The summed E-state index contributed by atoms with van der Waals surface area (Å²) in [7, 11) is 2.73. The molecule has 0 amide bonds. The number of allylic oxidation sites excluding steroid dienone is 1. The normalized spacial score (nSPS) is 21.6. The molecule has 4 rings (SSSR count). The lowest BCUT2D eigenvalue weighted by Crippen LogP contribution is -2.55. The fourth-order valence-electron chi connectivity index (χ4n) is 5.57. The minimum absolute atomic E-state index is 0.415. The molecule has 3 unspecified atom stereocenters. The van der Waals surface area contributed by atoms with Gasteiger partial charge in [0.1, 0.15) is 10.5 Å². The molecule has 6 nitrogen and oxygen atoms in total. The predicted molar refractivity (Wildman–Crippen MR) is 142 cm³/mol. The first-order valence-electron chi connectivity index (χ1n) is 11.9. The van der Waals surface area contributed by atoms with Crippen LogP contribution in [0.4, 0.5) is 0 Å². The molecule has 0 fully saturated rings. The molecule has 1 aliphatic rings. The van der Waals surface area contributed by atoms with Gasteiger partial charge in [-0.3, -0.25) is 4.79 Å². The van der Waals surface area contributed by atoms with Crippen LogP contribution in [0.5, 0.6) is 0 Å². The zero-order valence-corrected chi connectivity index (χ0v) is 22.6. The highest BCUT2D eigenvalue weighted by Gasteiger charge is 2.54. The standard InChI is InChI=1S/C29H32N2O4S/c1-16-13-17(2)22(18(3)14-16)21-15-36-28(30-21)29(5)25(27(33)35-7)24(20-11-9-8-10-12-20)23(19(4)31-29)26(32)34-6/h8-15,24-25,31H,1-7H3. The smallest absolute Gasteiger partial charge is 0.336 e. The first-order valence-corrected chi connectivity index (χ1v) is 12.7. The van der Waals surface area contributed by atoms with Crippen molar-refractivity contribution in [3.05, 3.63) is 86.4 Å². The summed E-state index contributed by atoms with van der Waals surface area (Å²) >= 11 is 1.50. The molecule has 0 saturated heterocycles. The van der Waals surface area contributed by atoms with Crippen LogP contribution in [-0.4, -0.2) is 31.1 Å². The lowest BCUT2D eigenvalue weighted by molar-refractivity contribution is -0.150. The number of esters is 2. The van der Waals surface area contributed by atoms with Crippen molar-refractivity contribution in [1.29, 1.82) is 0 Å². The van der Waals surface area contributed by atoms with E-state index in [0.717, 1.165) is 33.0 Å². The quantitative estimate of drug-likeness (QED) is 0.458. The first-order chi connectivity index (χ1) is 17.1. The fraction of sp³-hybridized carbons (Fsp3) is 0.345. The van der Waals surface area contributed by atoms with E-state index in [2.05, 4.69) is 38.2 Å². The topological polar surface area (TPSA) is 77.5 Å². The first kappa shape index (κ1) is 25.6. The Balaban J connectivity index is 1.92. The van der Waals surface area contributed by atoms with E-state index in [9.17, 15) is 9.59 Å². The van der Waals surface area contributed by atoms with Gasteiger partial charge in [0.15, 0.2) is 0 Å². The van der Waals surface area contributed by atoms with Crippen LogP contribution in [0.15, 0.2) is 59.1 Å². The third kappa shape index (κ3) is 4.32. The molecule has 2 aromatic carbocycles. The van der Waals surface area contributed by atoms with E-state index in [-0.39, 0.29) is 0 Å². The number of thiazole rings is 1. The summed E-state index contributed by atoms with van der Waals surface area (Å²) in [4.78, 5) is 31.5. The number of hydrogen-bond acceptors (Lipinski definition) is 7. The van der Waals surface area contributed by atoms with E-state index in [1.54, 1.807) is 0 Å². The molecule has 0 saturated carbocycles. The van der Waals surface area contributed by atoms with Crippen molar-refractivity contribution in [2.45, 2.75) is 46.1 Å². The number of ether oxygens (including phenoxy) is 2. The number of aryl methyl sites for hydroxylation is 3. The Bertz CT molecular complexity index is 1320.